The van der Waals surface area contributed by atoms with Gasteiger partial charge in [-0.15, -0.1) is 0 Å². The molecule has 0 aliphatic rings. The molecule has 1 N–H and O–H groups in total. The van der Waals surface area contributed by atoms with Crippen LogP contribution in [0.2, 0.25) is 0 Å². The zero-order valence-corrected chi connectivity index (χ0v) is 14.7. The molecule has 0 fully saturated rings. The van der Waals surface area contributed by atoms with Gasteiger partial charge in [-0.1, -0.05) is 32.9 Å². The molecule has 1 aromatic heterocycles. The Morgan fingerprint density at radius 1 is 1.18 bits per heavy atom. The molecular weight excluding hydrogens is 272 g/mol. The number of methoxy groups -OCH3 is 1. The number of fused-ring (bicyclic) bond motifs is 1. The average Bonchev–Trinajstić information content (AvgIpc) is 2.46. The van der Waals surface area contributed by atoms with E-state index in [1.807, 2.05) is 0 Å². The Balaban J connectivity index is 2.50. The zero-order chi connectivity index (χ0) is 16.3. The van der Waals surface area contributed by atoms with Crippen molar-refractivity contribution >= 4 is 10.9 Å². The van der Waals surface area contributed by atoms with Crippen molar-refractivity contribution in [2.75, 3.05) is 20.3 Å². The number of aromatic nitrogens is 1. The summed E-state index contributed by atoms with van der Waals surface area (Å²) in [6.45, 7) is 13.4. The Kier molecular flexibility index (Phi) is 5.20. The molecular formula is C19H28N2O. The number of hydrogen-bond donors (Lipinski definition) is 1. The van der Waals surface area contributed by atoms with Crippen LogP contribution < -0.4 is 5.32 Å². The third-order valence-corrected chi connectivity index (χ3v) is 4.16. The maximum Gasteiger partial charge on any atom is 0.0740 e. The Bertz CT molecular complexity index is 657. The molecule has 1 aromatic carbocycles. The van der Waals surface area contributed by atoms with E-state index >= 15 is 0 Å². The standard InChI is InChI=1S/C19H28N2O/c1-13-7-8-16-15(12-20-9-10-22-6)11-17(19(3,4)5)21-18(16)14(13)2/h7-8,11,20H,9-10,12H2,1-6H3. The predicted molar refractivity (Wildman–Crippen MR) is 93.5 cm³/mol. The second-order valence-electron chi connectivity index (χ2n) is 6.99. The van der Waals surface area contributed by atoms with Crippen molar-refractivity contribution in [2.45, 2.75) is 46.6 Å². The summed E-state index contributed by atoms with van der Waals surface area (Å²) in [5.41, 5.74) is 6.22. The van der Waals surface area contributed by atoms with Crippen LogP contribution in [0.25, 0.3) is 10.9 Å². The molecule has 3 nitrogen and oxygen atoms in total. The van der Waals surface area contributed by atoms with Crippen LogP contribution in [0.4, 0.5) is 0 Å². The fourth-order valence-electron chi connectivity index (χ4n) is 2.53. The number of ether oxygens (including phenoxy) is 1. The lowest BCUT2D eigenvalue weighted by atomic mass is 9.89. The molecule has 0 saturated carbocycles. The van der Waals surface area contributed by atoms with Gasteiger partial charge >= 0.3 is 0 Å². The molecule has 0 bridgehead atoms. The van der Waals surface area contributed by atoms with Crippen LogP contribution in [-0.4, -0.2) is 25.2 Å². The summed E-state index contributed by atoms with van der Waals surface area (Å²) < 4.78 is 5.11. The second-order valence-corrected chi connectivity index (χ2v) is 6.99. The van der Waals surface area contributed by atoms with Crippen molar-refractivity contribution in [3.63, 3.8) is 0 Å². The summed E-state index contributed by atoms with van der Waals surface area (Å²) in [5, 5.41) is 4.71. The van der Waals surface area contributed by atoms with Crippen LogP contribution >= 0.6 is 0 Å². The lowest BCUT2D eigenvalue weighted by Crippen LogP contribution is -2.20. The Morgan fingerprint density at radius 3 is 2.55 bits per heavy atom. The molecule has 0 atom stereocenters. The summed E-state index contributed by atoms with van der Waals surface area (Å²) >= 11 is 0. The van der Waals surface area contributed by atoms with Crippen LogP contribution in [-0.2, 0) is 16.7 Å². The Morgan fingerprint density at radius 2 is 1.91 bits per heavy atom. The third kappa shape index (κ3) is 3.65. The monoisotopic (exact) mass is 300 g/mol. The number of pyridine rings is 1. The molecule has 2 rings (SSSR count). The highest BCUT2D eigenvalue weighted by molar-refractivity contribution is 5.86. The third-order valence-electron chi connectivity index (χ3n) is 4.16. The summed E-state index contributed by atoms with van der Waals surface area (Å²) in [6.07, 6.45) is 0. The van der Waals surface area contributed by atoms with Crippen molar-refractivity contribution in [3.8, 4) is 0 Å². The van der Waals surface area contributed by atoms with Gasteiger partial charge in [-0.05, 0) is 36.6 Å². The van der Waals surface area contributed by atoms with E-state index in [9.17, 15) is 0 Å². The summed E-state index contributed by atoms with van der Waals surface area (Å²) in [4.78, 5) is 4.96. The van der Waals surface area contributed by atoms with Gasteiger partial charge in [0.2, 0.25) is 0 Å². The van der Waals surface area contributed by atoms with Crippen molar-refractivity contribution in [1.82, 2.24) is 10.3 Å². The topological polar surface area (TPSA) is 34.1 Å². The van der Waals surface area contributed by atoms with Gasteiger partial charge < -0.3 is 10.1 Å². The van der Waals surface area contributed by atoms with Gasteiger partial charge in [0.1, 0.15) is 0 Å². The van der Waals surface area contributed by atoms with Gasteiger partial charge in [0.15, 0.2) is 0 Å². The van der Waals surface area contributed by atoms with Crippen molar-refractivity contribution in [2.24, 2.45) is 0 Å². The summed E-state index contributed by atoms with van der Waals surface area (Å²) in [7, 11) is 1.73. The fourth-order valence-corrected chi connectivity index (χ4v) is 2.53. The number of benzene rings is 1. The van der Waals surface area contributed by atoms with Crippen LogP contribution in [0.1, 0.15) is 43.2 Å². The molecule has 0 spiro atoms. The molecule has 0 saturated heterocycles. The largest absolute Gasteiger partial charge is 0.383 e. The first-order valence-electron chi connectivity index (χ1n) is 7.94. The van der Waals surface area contributed by atoms with E-state index in [0.717, 1.165) is 30.9 Å². The SMILES string of the molecule is COCCNCc1cc(C(C)(C)C)nc2c(C)c(C)ccc12. The number of aryl methyl sites for hydroxylation is 2. The van der Waals surface area contributed by atoms with Gasteiger partial charge in [0, 0.05) is 36.7 Å². The summed E-state index contributed by atoms with van der Waals surface area (Å²) in [6, 6.07) is 6.64. The number of nitrogens with zero attached hydrogens (tertiary/aromatic N) is 1. The molecule has 22 heavy (non-hydrogen) atoms. The van der Waals surface area contributed by atoms with Crippen LogP contribution in [0.3, 0.4) is 0 Å². The molecule has 0 aliphatic heterocycles. The van der Waals surface area contributed by atoms with Crippen molar-refractivity contribution in [3.05, 3.63) is 40.6 Å². The second kappa shape index (κ2) is 6.76. The first kappa shape index (κ1) is 16.9. The highest BCUT2D eigenvalue weighted by Crippen LogP contribution is 2.28. The molecule has 2 aromatic rings. The Hall–Kier alpha value is -1.45. The van der Waals surface area contributed by atoms with Gasteiger partial charge in [-0.25, -0.2) is 0 Å². The van der Waals surface area contributed by atoms with Crippen LogP contribution in [0, 0.1) is 13.8 Å². The van der Waals surface area contributed by atoms with E-state index in [2.05, 4.69) is 58.1 Å². The summed E-state index contributed by atoms with van der Waals surface area (Å²) in [5.74, 6) is 0. The first-order valence-corrected chi connectivity index (χ1v) is 7.94. The minimum atomic E-state index is 0.0473. The quantitative estimate of drug-likeness (QED) is 0.851. The van der Waals surface area contributed by atoms with Crippen LogP contribution in [0.5, 0.6) is 0 Å². The molecule has 0 radical (unpaired) electrons. The van der Waals surface area contributed by atoms with Gasteiger partial charge in [-0.3, -0.25) is 4.98 Å². The molecule has 0 aliphatic carbocycles. The van der Waals surface area contributed by atoms with Gasteiger partial charge in [-0.2, -0.15) is 0 Å². The molecule has 1 heterocycles. The van der Waals surface area contributed by atoms with E-state index in [4.69, 9.17) is 9.72 Å². The zero-order valence-electron chi connectivity index (χ0n) is 14.7. The van der Waals surface area contributed by atoms with Crippen molar-refractivity contribution < 1.29 is 4.74 Å². The number of nitrogens with one attached hydrogen (secondary N) is 1. The maximum atomic E-state index is 5.11. The van der Waals surface area contributed by atoms with Crippen molar-refractivity contribution in [1.29, 1.82) is 0 Å². The maximum absolute atomic E-state index is 5.11. The average molecular weight is 300 g/mol. The molecule has 0 amide bonds. The number of hydrogen-bond acceptors (Lipinski definition) is 3. The normalized spacial score (nSPS) is 12.1. The van der Waals surface area contributed by atoms with Gasteiger partial charge in [0.05, 0.1) is 12.1 Å². The van der Waals surface area contributed by atoms with E-state index in [1.54, 1.807) is 7.11 Å². The lowest BCUT2D eigenvalue weighted by molar-refractivity contribution is 0.199. The van der Waals surface area contributed by atoms with E-state index < -0.39 is 0 Å². The fraction of sp³-hybridized carbons (Fsp3) is 0.526. The highest BCUT2D eigenvalue weighted by atomic mass is 16.5. The lowest BCUT2D eigenvalue weighted by Gasteiger charge is -2.21. The minimum Gasteiger partial charge on any atom is -0.383 e. The smallest absolute Gasteiger partial charge is 0.0740 e. The highest BCUT2D eigenvalue weighted by Gasteiger charge is 2.18. The predicted octanol–water partition coefficient (Wildman–Crippen LogP) is 3.89. The minimum absolute atomic E-state index is 0.0473. The van der Waals surface area contributed by atoms with E-state index in [-0.39, 0.29) is 5.41 Å². The van der Waals surface area contributed by atoms with Gasteiger partial charge in [0.25, 0.3) is 0 Å². The molecule has 120 valence electrons. The molecule has 0 unspecified atom stereocenters. The number of rotatable bonds is 5. The Labute approximate surface area is 134 Å². The van der Waals surface area contributed by atoms with Crippen LogP contribution in [0.15, 0.2) is 18.2 Å². The molecule has 3 heteroatoms. The van der Waals surface area contributed by atoms with E-state index in [1.165, 1.54) is 22.1 Å². The van der Waals surface area contributed by atoms with E-state index in [0.29, 0.717) is 0 Å². The first-order chi connectivity index (χ1) is 10.3.